The summed E-state index contributed by atoms with van der Waals surface area (Å²) in [5.74, 6) is 1.17. The van der Waals surface area contributed by atoms with Gasteiger partial charge in [-0.2, -0.15) is 0 Å². The molecule has 3 rings (SSSR count). The van der Waals surface area contributed by atoms with Crippen LogP contribution in [0.25, 0.3) is 10.9 Å². The molecule has 0 aliphatic heterocycles. The normalized spacial score (nSPS) is 10.7. The van der Waals surface area contributed by atoms with Crippen LogP contribution < -0.4 is 14.2 Å². The van der Waals surface area contributed by atoms with Crippen molar-refractivity contribution in [2.24, 2.45) is 0 Å². The molecule has 1 N–H and O–H groups in total. The molecule has 24 heavy (non-hydrogen) atoms. The molecule has 5 nitrogen and oxygen atoms in total. The Hall–Kier alpha value is -2.95. The summed E-state index contributed by atoms with van der Waals surface area (Å²) in [6, 6.07) is 11.1. The minimum atomic E-state index is -0.122. The number of benzene rings is 2. The molecule has 0 bridgehead atoms. The van der Waals surface area contributed by atoms with Crippen LogP contribution in [0.3, 0.4) is 0 Å². The zero-order valence-electron chi connectivity index (χ0n) is 14.1. The third-order valence-corrected chi connectivity index (χ3v) is 4.07. The van der Waals surface area contributed by atoms with Gasteiger partial charge in [0.05, 0.1) is 32.5 Å². The Bertz CT molecular complexity index is 911. The number of fused-ring (bicyclic) bond motifs is 1. The largest absolute Gasteiger partial charge is 0.493 e. The number of aromatic nitrogens is 1. The van der Waals surface area contributed by atoms with Crippen LogP contribution in [-0.4, -0.2) is 32.1 Å². The average molecular weight is 325 g/mol. The summed E-state index contributed by atoms with van der Waals surface area (Å²) in [6.45, 7) is 1.89. The second-order valence-corrected chi connectivity index (χ2v) is 5.38. The maximum absolute atomic E-state index is 13.2. The van der Waals surface area contributed by atoms with E-state index in [-0.39, 0.29) is 5.78 Å². The second-order valence-electron chi connectivity index (χ2n) is 5.38. The van der Waals surface area contributed by atoms with Gasteiger partial charge in [-0.15, -0.1) is 0 Å². The van der Waals surface area contributed by atoms with Crippen LogP contribution in [0.1, 0.15) is 21.6 Å². The van der Waals surface area contributed by atoms with Gasteiger partial charge in [0.25, 0.3) is 0 Å². The predicted octanol–water partition coefficient (Wildman–Crippen LogP) is 3.73. The Kier molecular flexibility index (Phi) is 4.16. The Labute approximate surface area is 140 Å². The number of ketones is 1. The molecule has 3 aromatic rings. The molecule has 124 valence electrons. The minimum absolute atomic E-state index is 0.122. The van der Waals surface area contributed by atoms with Crippen LogP contribution in [0.5, 0.6) is 17.2 Å². The van der Waals surface area contributed by atoms with Crippen molar-refractivity contribution in [2.45, 2.75) is 6.92 Å². The van der Waals surface area contributed by atoms with E-state index >= 15 is 0 Å². The molecule has 0 amide bonds. The van der Waals surface area contributed by atoms with Crippen LogP contribution in [0.2, 0.25) is 0 Å². The molecule has 1 heterocycles. The SMILES string of the molecule is COc1ccc(C(=O)c2c(C)[nH]c3ccccc23)c(OC)c1OC. The van der Waals surface area contributed by atoms with Gasteiger partial charge in [-0.25, -0.2) is 0 Å². The highest BCUT2D eigenvalue weighted by atomic mass is 16.5. The zero-order valence-corrected chi connectivity index (χ0v) is 14.1. The highest BCUT2D eigenvalue weighted by molar-refractivity contribution is 6.18. The summed E-state index contributed by atoms with van der Waals surface area (Å²) in [7, 11) is 4.57. The molecule has 0 radical (unpaired) electrons. The number of carbonyl (C=O) groups is 1. The Balaban J connectivity index is 2.21. The Morgan fingerprint density at radius 1 is 0.917 bits per heavy atom. The van der Waals surface area contributed by atoms with Gasteiger partial charge in [-0.05, 0) is 25.1 Å². The Morgan fingerprint density at radius 2 is 1.62 bits per heavy atom. The molecular weight excluding hydrogens is 306 g/mol. The smallest absolute Gasteiger partial charge is 0.204 e. The number of hydrogen-bond acceptors (Lipinski definition) is 4. The minimum Gasteiger partial charge on any atom is -0.493 e. The highest BCUT2D eigenvalue weighted by Crippen LogP contribution is 2.41. The average Bonchev–Trinajstić information content (AvgIpc) is 2.95. The molecule has 0 unspecified atom stereocenters. The van der Waals surface area contributed by atoms with Gasteiger partial charge in [0.15, 0.2) is 17.3 Å². The number of nitrogens with one attached hydrogen (secondary N) is 1. The molecule has 0 aliphatic carbocycles. The molecule has 0 saturated heterocycles. The first-order chi connectivity index (χ1) is 11.6. The quantitative estimate of drug-likeness (QED) is 0.726. The number of methoxy groups -OCH3 is 3. The van der Waals surface area contributed by atoms with Crippen LogP contribution in [0.15, 0.2) is 36.4 Å². The van der Waals surface area contributed by atoms with Gasteiger partial charge in [0.1, 0.15) is 0 Å². The van der Waals surface area contributed by atoms with Gasteiger partial charge < -0.3 is 19.2 Å². The predicted molar refractivity (Wildman–Crippen MR) is 92.6 cm³/mol. The molecule has 0 spiro atoms. The van der Waals surface area contributed by atoms with Gasteiger partial charge in [0.2, 0.25) is 5.75 Å². The van der Waals surface area contributed by atoms with Crippen molar-refractivity contribution in [1.82, 2.24) is 4.98 Å². The lowest BCUT2D eigenvalue weighted by molar-refractivity contribution is 0.103. The van der Waals surface area contributed by atoms with Gasteiger partial charge in [-0.3, -0.25) is 4.79 Å². The van der Waals surface area contributed by atoms with E-state index in [0.717, 1.165) is 16.6 Å². The van der Waals surface area contributed by atoms with Crippen molar-refractivity contribution in [1.29, 1.82) is 0 Å². The standard InChI is InChI=1S/C19H19NO4/c1-11-16(12-7-5-6-8-14(12)20-11)17(21)13-9-10-15(22-2)19(24-4)18(13)23-3/h5-10,20H,1-4H3. The molecular formula is C19H19NO4. The van der Waals surface area contributed by atoms with E-state index in [9.17, 15) is 4.79 Å². The number of rotatable bonds is 5. The van der Waals surface area contributed by atoms with Gasteiger partial charge >= 0.3 is 0 Å². The first-order valence-electron chi connectivity index (χ1n) is 7.53. The van der Waals surface area contributed by atoms with Crippen LogP contribution in [0, 0.1) is 6.92 Å². The van der Waals surface area contributed by atoms with E-state index in [1.165, 1.54) is 14.2 Å². The number of aryl methyl sites for hydroxylation is 1. The first-order valence-corrected chi connectivity index (χ1v) is 7.53. The van der Waals surface area contributed by atoms with Crippen LogP contribution >= 0.6 is 0 Å². The highest BCUT2D eigenvalue weighted by Gasteiger charge is 2.24. The van der Waals surface area contributed by atoms with Crippen molar-refractivity contribution in [2.75, 3.05) is 21.3 Å². The topological polar surface area (TPSA) is 60.6 Å². The fraction of sp³-hybridized carbons (Fsp3) is 0.211. The summed E-state index contributed by atoms with van der Waals surface area (Å²) in [5.41, 5.74) is 2.81. The summed E-state index contributed by atoms with van der Waals surface area (Å²) in [4.78, 5) is 16.4. The number of para-hydroxylation sites is 1. The van der Waals surface area contributed by atoms with E-state index in [4.69, 9.17) is 14.2 Å². The molecule has 2 aromatic carbocycles. The molecule has 0 saturated carbocycles. The number of aromatic amines is 1. The lowest BCUT2D eigenvalue weighted by Gasteiger charge is -2.15. The number of H-pyrrole nitrogens is 1. The van der Waals surface area contributed by atoms with Crippen LogP contribution in [-0.2, 0) is 0 Å². The molecule has 0 fully saturated rings. The summed E-state index contributed by atoms with van der Waals surface area (Å²) in [6.07, 6.45) is 0. The summed E-state index contributed by atoms with van der Waals surface area (Å²) >= 11 is 0. The lowest BCUT2D eigenvalue weighted by atomic mass is 9.99. The first kappa shape index (κ1) is 15.9. The summed E-state index contributed by atoms with van der Waals surface area (Å²) in [5, 5.41) is 0.886. The lowest BCUT2D eigenvalue weighted by Crippen LogP contribution is -2.07. The van der Waals surface area contributed by atoms with E-state index < -0.39 is 0 Å². The summed E-state index contributed by atoms with van der Waals surface area (Å²) < 4.78 is 16.1. The molecule has 5 heteroatoms. The van der Waals surface area contributed by atoms with Crippen molar-refractivity contribution in [3.63, 3.8) is 0 Å². The van der Waals surface area contributed by atoms with E-state index in [1.54, 1.807) is 19.2 Å². The van der Waals surface area contributed by atoms with Crippen molar-refractivity contribution >= 4 is 16.7 Å². The molecule has 1 aromatic heterocycles. The number of carbonyl (C=O) groups excluding carboxylic acids is 1. The van der Waals surface area contributed by atoms with E-state index in [2.05, 4.69) is 4.98 Å². The number of ether oxygens (including phenoxy) is 3. The second kappa shape index (κ2) is 6.28. The van der Waals surface area contributed by atoms with Crippen molar-refractivity contribution < 1.29 is 19.0 Å². The van der Waals surface area contributed by atoms with E-state index in [0.29, 0.717) is 28.4 Å². The van der Waals surface area contributed by atoms with Gasteiger partial charge in [-0.1, -0.05) is 18.2 Å². The zero-order chi connectivity index (χ0) is 17.3. The van der Waals surface area contributed by atoms with Crippen molar-refractivity contribution in [3.8, 4) is 17.2 Å². The monoisotopic (exact) mass is 325 g/mol. The number of hydrogen-bond donors (Lipinski definition) is 1. The maximum atomic E-state index is 13.2. The fourth-order valence-corrected chi connectivity index (χ4v) is 2.98. The third kappa shape index (κ3) is 2.38. The Morgan fingerprint density at radius 3 is 2.29 bits per heavy atom. The van der Waals surface area contributed by atoms with Crippen molar-refractivity contribution in [3.05, 3.63) is 53.2 Å². The third-order valence-electron chi connectivity index (χ3n) is 4.07. The fourth-order valence-electron chi connectivity index (χ4n) is 2.98. The van der Waals surface area contributed by atoms with E-state index in [1.807, 2.05) is 31.2 Å². The molecule has 0 aliphatic rings. The molecule has 0 atom stereocenters. The van der Waals surface area contributed by atoms with Gasteiger partial charge in [0, 0.05) is 16.6 Å². The van der Waals surface area contributed by atoms with Crippen LogP contribution in [0.4, 0.5) is 0 Å². The maximum Gasteiger partial charge on any atom is 0.204 e.